The van der Waals surface area contributed by atoms with Gasteiger partial charge in [-0.25, -0.2) is 19.6 Å². The fourth-order valence-corrected chi connectivity index (χ4v) is 3.12. The van der Waals surface area contributed by atoms with Crippen molar-refractivity contribution in [1.29, 1.82) is 0 Å². The van der Waals surface area contributed by atoms with E-state index in [0.29, 0.717) is 10.3 Å². The summed E-state index contributed by atoms with van der Waals surface area (Å²) >= 11 is 3.01. The molecule has 8 nitrogen and oxygen atoms in total. The number of carbonyl (C=O) groups excluding carboxylic acids is 2. The zero-order valence-electron chi connectivity index (χ0n) is 16.5. The second kappa shape index (κ2) is 12.8. The van der Waals surface area contributed by atoms with Crippen LogP contribution in [0.25, 0.3) is 0 Å². The highest BCUT2D eigenvalue weighted by molar-refractivity contribution is 7.15. The van der Waals surface area contributed by atoms with Crippen molar-refractivity contribution in [2.75, 3.05) is 24.3 Å². The lowest BCUT2D eigenvalue weighted by molar-refractivity contribution is -0.146. The highest BCUT2D eigenvalue weighted by atomic mass is 32.1. The molecule has 28 heavy (non-hydrogen) atoms. The van der Waals surface area contributed by atoms with Crippen molar-refractivity contribution < 1.29 is 19.1 Å². The van der Waals surface area contributed by atoms with Gasteiger partial charge in [-0.15, -0.1) is 22.7 Å². The summed E-state index contributed by atoms with van der Waals surface area (Å²) in [5, 5.41) is 4.09. The van der Waals surface area contributed by atoms with E-state index in [-0.39, 0.29) is 18.8 Å². The lowest BCUT2D eigenvalue weighted by Gasteiger charge is -2.06. The Morgan fingerprint density at radius 1 is 1.00 bits per heavy atom. The third-order valence-electron chi connectivity index (χ3n) is 3.15. The van der Waals surface area contributed by atoms with Crippen LogP contribution in [0, 0.1) is 0 Å². The second-order valence-corrected chi connectivity index (χ2v) is 7.41. The summed E-state index contributed by atoms with van der Waals surface area (Å²) in [5.74, 6) is -1.43. The van der Waals surface area contributed by atoms with Crippen LogP contribution < -0.4 is 11.1 Å². The number of nitrogens with zero attached hydrogens (tertiary/aromatic N) is 2. The number of hydrogen-bond acceptors (Lipinski definition) is 10. The number of carbonyl (C=O) groups is 2. The molecule has 0 fully saturated rings. The van der Waals surface area contributed by atoms with Gasteiger partial charge >= 0.3 is 11.9 Å². The highest BCUT2D eigenvalue weighted by Crippen LogP contribution is 2.18. The summed E-state index contributed by atoms with van der Waals surface area (Å²) in [6, 6.07) is 0. The molecule has 2 aromatic heterocycles. The highest BCUT2D eigenvalue weighted by Gasteiger charge is 2.21. The Morgan fingerprint density at radius 2 is 1.54 bits per heavy atom. The molecule has 2 aromatic rings. The van der Waals surface area contributed by atoms with Crippen molar-refractivity contribution in [2.24, 2.45) is 0 Å². The first kappa shape index (κ1) is 23.6. The molecular weight excluding hydrogens is 400 g/mol. The van der Waals surface area contributed by atoms with Gasteiger partial charge in [-0.3, -0.25) is 0 Å². The van der Waals surface area contributed by atoms with Gasteiger partial charge < -0.3 is 20.5 Å². The average Bonchev–Trinajstić information content (AvgIpc) is 3.31. The van der Waals surface area contributed by atoms with Gasteiger partial charge in [0.2, 0.25) is 0 Å². The lowest BCUT2D eigenvalue weighted by Crippen LogP contribution is -2.19. The number of aromatic nitrogens is 2. The minimum Gasteiger partial charge on any atom is -0.462 e. The molecule has 154 valence electrons. The van der Waals surface area contributed by atoms with E-state index >= 15 is 0 Å². The zero-order valence-corrected chi connectivity index (χ0v) is 18.1. The molecule has 0 saturated carbocycles. The van der Waals surface area contributed by atoms with E-state index < -0.39 is 11.9 Å². The van der Waals surface area contributed by atoms with Crippen LogP contribution in [-0.4, -0.2) is 35.1 Å². The van der Waals surface area contributed by atoms with Crippen LogP contribution in [0.5, 0.6) is 0 Å². The predicted molar refractivity (Wildman–Crippen MR) is 112 cm³/mol. The van der Waals surface area contributed by atoms with Crippen LogP contribution in [-0.2, 0) is 31.9 Å². The van der Waals surface area contributed by atoms with Gasteiger partial charge in [0.05, 0.1) is 13.2 Å². The van der Waals surface area contributed by atoms with Gasteiger partial charge in [0.1, 0.15) is 0 Å². The Hall–Kier alpha value is -2.46. The first-order valence-corrected chi connectivity index (χ1v) is 10.5. The first-order valence-electron chi connectivity index (χ1n) is 8.90. The number of aryl methyl sites for hydroxylation is 2. The van der Waals surface area contributed by atoms with E-state index in [2.05, 4.69) is 22.2 Å². The number of nitrogens with one attached hydrogen (secondary N) is 1. The maximum Gasteiger partial charge on any atom is 0.347 e. The molecule has 0 saturated heterocycles. The topological polar surface area (TPSA) is 116 Å². The maximum absolute atomic E-state index is 11.7. The maximum atomic E-state index is 11.7. The summed E-state index contributed by atoms with van der Waals surface area (Å²) in [6.07, 6.45) is 6.75. The molecule has 0 spiro atoms. The SMILES string of the molecule is CCOC(=O)C(=CNc1ncc(CC)s1)C(=O)OCC.CCc1cnc(N)s1. The summed E-state index contributed by atoms with van der Waals surface area (Å²) in [5.41, 5.74) is 5.18. The van der Waals surface area contributed by atoms with Crippen molar-refractivity contribution in [3.63, 3.8) is 0 Å². The molecule has 0 amide bonds. The molecule has 0 aliphatic heterocycles. The molecule has 0 radical (unpaired) electrons. The van der Waals surface area contributed by atoms with Gasteiger partial charge in [0.15, 0.2) is 15.8 Å². The summed E-state index contributed by atoms with van der Waals surface area (Å²) in [7, 11) is 0. The van der Waals surface area contributed by atoms with Gasteiger partial charge in [-0.2, -0.15) is 0 Å². The number of ether oxygens (including phenoxy) is 2. The largest absolute Gasteiger partial charge is 0.462 e. The van der Waals surface area contributed by atoms with Gasteiger partial charge in [-0.1, -0.05) is 13.8 Å². The van der Waals surface area contributed by atoms with Crippen LogP contribution in [0.1, 0.15) is 37.4 Å². The summed E-state index contributed by atoms with van der Waals surface area (Å²) < 4.78 is 9.64. The number of nitrogen functional groups attached to an aromatic ring is 1. The molecule has 2 rings (SSSR count). The van der Waals surface area contributed by atoms with E-state index in [0.717, 1.165) is 17.7 Å². The number of nitrogens with two attached hydrogens (primary N) is 1. The fraction of sp³-hybridized carbons (Fsp3) is 0.444. The van der Waals surface area contributed by atoms with Crippen LogP contribution in [0.2, 0.25) is 0 Å². The standard InChI is InChI=1S/C13H18N2O4S.C5H8N2S/c1-4-9-7-14-13(20-9)15-8-10(11(16)18-5-2)12(17)19-6-3;1-2-4-3-7-5(6)8-4/h7-8H,4-6H2,1-3H3,(H,14,15);3H,2H2,1H3,(H2,6,7). The van der Waals surface area contributed by atoms with Gasteiger partial charge in [-0.05, 0) is 26.7 Å². The molecule has 0 bridgehead atoms. The minimum absolute atomic E-state index is 0.179. The molecule has 0 atom stereocenters. The third kappa shape index (κ3) is 8.05. The molecule has 10 heteroatoms. The van der Waals surface area contributed by atoms with Crippen molar-refractivity contribution >= 4 is 44.9 Å². The van der Waals surface area contributed by atoms with Crippen LogP contribution in [0.3, 0.4) is 0 Å². The minimum atomic E-state index is -0.717. The number of thiazole rings is 2. The van der Waals surface area contributed by atoms with E-state index in [9.17, 15) is 9.59 Å². The molecule has 0 aliphatic rings. The van der Waals surface area contributed by atoms with E-state index in [1.54, 1.807) is 31.4 Å². The smallest absolute Gasteiger partial charge is 0.347 e. The van der Waals surface area contributed by atoms with Crippen LogP contribution in [0.15, 0.2) is 24.2 Å². The summed E-state index contributed by atoms with van der Waals surface area (Å²) in [4.78, 5) is 33.8. The average molecular weight is 427 g/mol. The molecule has 0 unspecified atom stereocenters. The Balaban J connectivity index is 0.000000406. The monoisotopic (exact) mass is 426 g/mol. The van der Waals surface area contributed by atoms with Crippen LogP contribution >= 0.6 is 22.7 Å². The fourth-order valence-electron chi connectivity index (χ4n) is 1.78. The first-order chi connectivity index (χ1) is 13.4. The van der Waals surface area contributed by atoms with Crippen molar-refractivity contribution in [2.45, 2.75) is 40.5 Å². The second-order valence-electron chi connectivity index (χ2n) is 5.15. The van der Waals surface area contributed by atoms with E-state index in [1.807, 2.05) is 13.1 Å². The van der Waals surface area contributed by atoms with E-state index in [1.165, 1.54) is 22.4 Å². The molecular formula is C18H26N4O4S2. The zero-order chi connectivity index (χ0) is 20.9. The van der Waals surface area contributed by atoms with Crippen LogP contribution in [0.4, 0.5) is 10.3 Å². The normalized spacial score (nSPS) is 9.71. The predicted octanol–water partition coefficient (Wildman–Crippen LogP) is 3.42. The molecule has 2 heterocycles. The molecule has 0 aromatic carbocycles. The van der Waals surface area contributed by atoms with Crippen molar-refractivity contribution in [1.82, 2.24) is 9.97 Å². The Bertz CT molecular complexity index is 766. The number of esters is 2. The Labute approximate surface area is 172 Å². The van der Waals surface area contributed by atoms with Crippen molar-refractivity contribution in [3.8, 4) is 0 Å². The van der Waals surface area contributed by atoms with Gasteiger partial charge in [0.25, 0.3) is 0 Å². The number of rotatable bonds is 8. The van der Waals surface area contributed by atoms with Gasteiger partial charge in [0, 0.05) is 28.3 Å². The molecule has 3 N–H and O–H groups in total. The lowest BCUT2D eigenvalue weighted by atomic mass is 10.3. The van der Waals surface area contributed by atoms with Crippen molar-refractivity contribution in [3.05, 3.63) is 33.9 Å². The van der Waals surface area contributed by atoms with E-state index in [4.69, 9.17) is 15.2 Å². The summed E-state index contributed by atoms with van der Waals surface area (Å²) in [6.45, 7) is 7.83. The Kier molecular flexibility index (Phi) is 10.8. The third-order valence-corrected chi connectivity index (χ3v) is 5.20. The Morgan fingerprint density at radius 3 is 1.93 bits per heavy atom. The number of anilines is 2. The number of hydrogen-bond donors (Lipinski definition) is 2. The quantitative estimate of drug-likeness (QED) is 0.285. The molecule has 0 aliphatic carbocycles.